The molecule has 0 saturated heterocycles. The summed E-state index contributed by atoms with van der Waals surface area (Å²) in [5.74, 6) is 0.411. The molecule has 0 fully saturated rings. The van der Waals surface area contributed by atoms with Crippen molar-refractivity contribution in [3.63, 3.8) is 0 Å². The van der Waals surface area contributed by atoms with Gasteiger partial charge in [0.25, 0.3) is 0 Å². The van der Waals surface area contributed by atoms with Gasteiger partial charge in [-0.1, -0.05) is 13.8 Å². The van der Waals surface area contributed by atoms with E-state index in [4.69, 9.17) is 0 Å². The van der Waals surface area contributed by atoms with Crippen LogP contribution in [0.25, 0.3) is 10.6 Å². The van der Waals surface area contributed by atoms with Crippen LogP contribution in [0.4, 0.5) is 10.5 Å². The second kappa shape index (κ2) is 8.08. The van der Waals surface area contributed by atoms with Gasteiger partial charge in [0.05, 0.1) is 12.6 Å². The standard InChI is InChI=1S/C17H23N3O2S/c1-11(2)8-15(9-21)20-17(22)19-14-6-4-13(5-7-14)16-18-12(3)10-23-16/h4-7,10-11,15,21H,8-9H2,1-3H3,(H2,19,20,22). The van der Waals surface area contributed by atoms with E-state index < -0.39 is 0 Å². The van der Waals surface area contributed by atoms with Gasteiger partial charge in [0, 0.05) is 22.3 Å². The van der Waals surface area contributed by atoms with Crippen molar-refractivity contribution in [2.24, 2.45) is 5.92 Å². The fourth-order valence-corrected chi connectivity index (χ4v) is 3.09. The molecule has 2 amide bonds. The minimum atomic E-state index is -0.303. The SMILES string of the molecule is Cc1csc(-c2ccc(NC(=O)NC(CO)CC(C)C)cc2)n1. The van der Waals surface area contributed by atoms with Crippen LogP contribution in [0.1, 0.15) is 26.0 Å². The van der Waals surface area contributed by atoms with Gasteiger partial charge in [0.2, 0.25) is 0 Å². The van der Waals surface area contributed by atoms with Gasteiger partial charge in [-0.15, -0.1) is 11.3 Å². The average Bonchev–Trinajstić information content (AvgIpc) is 2.93. The zero-order valence-corrected chi connectivity index (χ0v) is 14.5. The van der Waals surface area contributed by atoms with Crippen molar-refractivity contribution >= 4 is 23.1 Å². The molecule has 0 radical (unpaired) electrons. The van der Waals surface area contributed by atoms with Crippen LogP contribution in [0, 0.1) is 12.8 Å². The molecule has 1 atom stereocenters. The van der Waals surface area contributed by atoms with Crippen molar-refractivity contribution < 1.29 is 9.90 Å². The number of aromatic nitrogens is 1. The third-order valence-electron chi connectivity index (χ3n) is 3.32. The molecular weight excluding hydrogens is 310 g/mol. The Labute approximate surface area is 140 Å². The number of aliphatic hydroxyl groups is 1. The Hall–Kier alpha value is -1.92. The maximum Gasteiger partial charge on any atom is 0.319 e. The maximum atomic E-state index is 12.0. The normalized spacial score (nSPS) is 12.2. The van der Waals surface area contributed by atoms with Crippen LogP contribution in [0.5, 0.6) is 0 Å². The summed E-state index contributed by atoms with van der Waals surface area (Å²) in [6, 6.07) is 7.04. The molecule has 0 aliphatic heterocycles. The Morgan fingerprint density at radius 3 is 2.52 bits per heavy atom. The third-order valence-corrected chi connectivity index (χ3v) is 4.33. The minimum absolute atomic E-state index is 0.0616. The quantitative estimate of drug-likeness (QED) is 0.755. The van der Waals surface area contributed by atoms with Crippen molar-refractivity contribution in [3.8, 4) is 10.6 Å². The molecule has 0 aliphatic carbocycles. The van der Waals surface area contributed by atoms with Crippen LogP contribution >= 0.6 is 11.3 Å². The van der Waals surface area contributed by atoms with Crippen LogP contribution < -0.4 is 10.6 Å². The van der Waals surface area contributed by atoms with Gasteiger partial charge in [0.15, 0.2) is 0 Å². The number of benzene rings is 1. The Kier molecular flexibility index (Phi) is 6.12. The number of amides is 2. The number of aliphatic hydroxyl groups excluding tert-OH is 1. The van der Waals surface area contributed by atoms with E-state index in [0.717, 1.165) is 22.7 Å². The van der Waals surface area contributed by atoms with Crippen molar-refractivity contribution in [3.05, 3.63) is 35.3 Å². The van der Waals surface area contributed by atoms with Gasteiger partial charge < -0.3 is 15.7 Å². The number of carbonyl (C=O) groups is 1. The summed E-state index contributed by atoms with van der Waals surface area (Å²) in [6.07, 6.45) is 0.742. The van der Waals surface area contributed by atoms with Gasteiger partial charge >= 0.3 is 6.03 Å². The predicted octanol–water partition coefficient (Wildman–Crippen LogP) is 3.65. The van der Waals surface area contributed by atoms with E-state index in [0.29, 0.717) is 11.6 Å². The average molecular weight is 333 g/mol. The molecule has 1 aromatic carbocycles. The molecule has 0 spiro atoms. The molecule has 124 valence electrons. The molecule has 0 saturated carbocycles. The number of hydrogen-bond donors (Lipinski definition) is 3. The molecule has 3 N–H and O–H groups in total. The van der Waals surface area contributed by atoms with Gasteiger partial charge in [-0.3, -0.25) is 0 Å². The highest BCUT2D eigenvalue weighted by Crippen LogP contribution is 2.24. The van der Waals surface area contributed by atoms with Crippen molar-refractivity contribution in [1.82, 2.24) is 10.3 Å². The van der Waals surface area contributed by atoms with E-state index in [1.54, 1.807) is 11.3 Å². The second-order valence-corrected chi connectivity index (χ2v) is 6.84. The topological polar surface area (TPSA) is 74.2 Å². The lowest BCUT2D eigenvalue weighted by Gasteiger charge is -2.18. The molecule has 2 rings (SSSR count). The highest BCUT2D eigenvalue weighted by atomic mass is 32.1. The zero-order chi connectivity index (χ0) is 16.8. The zero-order valence-electron chi connectivity index (χ0n) is 13.7. The molecule has 0 aliphatic rings. The largest absolute Gasteiger partial charge is 0.394 e. The van der Waals surface area contributed by atoms with E-state index in [-0.39, 0.29) is 18.7 Å². The summed E-state index contributed by atoms with van der Waals surface area (Å²) < 4.78 is 0. The fourth-order valence-electron chi connectivity index (χ4n) is 2.28. The molecule has 23 heavy (non-hydrogen) atoms. The third kappa shape index (κ3) is 5.33. The molecule has 6 heteroatoms. The summed E-state index contributed by atoms with van der Waals surface area (Å²) >= 11 is 1.60. The van der Waals surface area contributed by atoms with Crippen LogP contribution in [-0.2, 0) is 0 Å². The van der Waals surface area contributed by atoms with E-state index >= 15 is 0 Å². The van der Waals surface area contributed by atoms with E-state index in [2.05, 4.69) is 29.5 Å². The van der Waals surface area contributed by atoms with E-state index in [9.17, 15) is 9.90 Å². The van der Waals surface area contributed by atoms with Crippen LogP contribution in [0.15, 0.2) is 29.6 Å². The summed E-state index contributed by atoms with van der Waals surface area (Å²) in [5, 5.41) is 17.9. The molecular formula is C17H23N3O2S. The Morgan fingerprint density at radius 1 is 1.30 bits per heavy atom. The van der Waals surface area contributed by atoms with Gasteiger partial charge in [-0.05, 0) is 43.5 Å². The molecule has 2 aromatic rings. The summed E-state index contributed by atoms with van der Waals surface area (Å²) in [5.41, 5.74) is 2.75. The first-order valence-electron chi connectivity index (χ1n) is 7.69. The molecule has 0 bridgehead atoms. The summed E-state index contributed by atoms with van der Waals surface area (Å²) in [4.78, 5) is 16.4. The van der Waals surface area contributed by atoms with E-state index in [1.807, 2.05) is 36.6 Å². The molecule has 5 nitrogen and oxygen atoms in total. The number of aryl methyl sites for hydroxylation is 1. The highest BCUT2D eigenvalue weighted by Gasteiger charge is 2.13. The Balaban J connectivity index is 1.93. The monoisotopic (exact) mass is 333 g/mol. The highest BCUT2D eigenvalue weighted by molar-refractivity contribution is 7.13. The fraction of sp³-hybridized carbons (Fsp3) is 0.412. The van der Waals surface area contributed by atoms with Crippen LogP contribution in [0.3, 0.4) is 0 Å². The lowest BCUT2D eigenvalue weighted by atomic mass is 10.0. The lowest BCUT2D eigenvalue weighted by Crippen LogP contribution is -2.40. The molecule has 1 heterocycles. The lowest BCUT2D eigenvalue weighted by molar-refractivity contribution is 0.214. The number of nitrogens with zero attached hydrogens (tertiary/aromatic N) is 1. The Bertz CT molecular complexity index is 638. The smallest absolute Gasteiger partial charge is 0.319 e. The number of nitrogens with one attached hydrogen (secondary N) is 2. The first kappa shape index (κ1) is 17.4. The van der Waals surface area contributed by atoms with Gasteiger partial charge in [-0.25, -0.2) is 9.78 Å². The maximum absolute atomic E-state index is 12.0. The number of urea groups is 1. The van der Waals surface area contributed by atoms with E-state index in [1.165, 1.54) is 0 Å². The van der Waals surface area contributed by atoms with Crippen molar-refractivity contribution in [2.75, 3.05) is 11.9 Å². The van der Waals surface area contributed by atoms with Crippen molar-refractivity contribution in [2.45, 2.75) is 33.2 Å². The molecule has 1 aromatic heterocycles. The first-order chi connectivity index (χ1) is 11.0. The first-order valence-corrected chi connectivity index (χ1v) is 8.57. The second-order valence-electron chi connectivity index (χ2n) is 5.98. The molecule has 1 unspecified atom stereocenters. The number of anilines is 1. The van der Waals surface area contributed by atoms with Crippen LogP contribution in [0.2, 0.25) is 0 Å². The number of thiazole rings is 1. The minimum Gasteiger partial charge on any atom is -0.394 e. The number of carbonyl (C=O) groups excluding carboxylic acids is 1. The number of hydrogen-bond acceptors (Lipinski definition) is 4. The summed E-state index contributed by atoms with van der Waals surface area (Å²) in [7, 11) is 0. The van der Waals surface area contributed by atoms with Gasteiger partial charge in [0.1, 0.15) is 5.01 Å². The number of rotatable bonds is 6. The predicted molar refractivity (Wildman–Crippen MR) is 94.8 cm³/mol. The summed E-state index contributed by atoms with van der Waals surface area (Å²) in [6.45, 7) is 6.02. The van der Waals surface area contributed by atoms with Crippen molar-refractivity contribution in [1.29, 1.82) is 0 Å². The van der Waals surface area contributed by atoms with Crippen LogP contribution in [-0.4, -0.2) is 28.8 Å². The Morgan fingerprint density at radius 2 is 2.00 bits per heavy atom. The van der Waals surface area contributed by atoms with Gasteiger partial charge in [-0.2, -0.15) is 0 Å².